The zero-order valence-electron chi connectivity index (χ0n) is 17.1. The summed E-state index contributed by atoms with van der Waals surface area (Å²) in [4.78, 5) is 24.1. The van der Waals surface area contributed by atoms with E-state index in [0.717, 1.165) is 18.2 Å². The van der Waals surface area contributed by atoms with Gasteiger partial charge in [-0.3, -0.25) is 4.79 Å². The highest BCUT2D eigenvalue weighted by Gasteiger charge is 2.20. The Morgan fingerprint density at radius 1 is 1.03 bits per heavy atom. The van der Waals surface area contributed by atoms with Crippen molar-refractivity contribution < 1.29 is 32.6 Å². The molecule has 0 unspecified atom stereocenters. The van der Waals surface area contributed by atoms with Gasteiger partial charge in [-0.05, 0) is 56.7 Å². The fourth-order valence-corrected chi connectivity index (χ4v) is 2.41. The van der Waals surface area contributed by atoms with Gasteiger partial charge in [0.1, 0.15) is 17.3 Å². The molecule has 0 spiro atoms. The average Bonchev–Trinajstić information content (AvgIpc) is 2.69. The monoisotopic (exact) mass is 419 g/mol. The Labute approximate surface area is 173 Å². The van der Waals surface area contributed by atoms with Crippen molar-refractivity contribution in [1.29, 1.82) is 0 Å². The molecule has 2 aromatic rings. The molecule has 0 fully saturated rings. The predicted molar refractivity (Wildman–Crippen MR) is 108 cm³/mol. The largest absolute Gasteiger partial charge is 0.493 e. The van der Waals surface area contributed by atoms with Gasteiger partial charge in [0.05, 0.1) is 13.2 Å². The lowest BCUT2D eigenvalue weighted by Crippen LogP contribution is -2.30. The van der Waals surface area contributed by atoms with Gasteiger partial charge in [0.25, 0.3) is 5.91 Å². The lowest BCUT2D eigenvalue weighted by Gasteiger charge is -2.14. The second-order valence-corrected chi connectivity index (χ2v) is 6.58. The number of methoxy groups -OCH3 is 1. The number of carbonyl (C=O) groups excluding carboxylic acids is 2. The van der Waals surface area contributed by atoms with E-state index in [0.29, 0.717) is 17.1 Å². The summed E-state index contributed by atoms with van der Waals surface area (Å²) in [6.45, 7) is 5.07. The van der Waals surface area contributed by atoms with Gasteiger partial charge in [0.15, 0.2) is 17.6 Å². The lowest BCUT2D eigenvalue weighted by atomic mass is 10.2. The first-order valence-electron chi connectivity index (χ1n) is 9.19. The number of anilines is 1. The van der Waals surface area contributed by atoms with Crippen LogP contribution >= 0.6 is 0 Å². The average molecular weight is 419 g/mol. The molecule has 0 radical (unpaired) electrons. The van der Waals surface area contributed by atoms with Crippen LogP contribution in [0.1, 0.15) is 26.3 Å². The number of nitrogens with one attached hydrogen (secondary N) is 1. The van der Waals surface area contributed by atoms with Crippen LogP contribution in [0.2, 0.25) is 0 Å². The first kappa shape index (κ1) is 22.9. The smallest absolute Gasteiger partial charge is 0.331 e. The molecule has 0 bridgehead atoms. The normalized spacial score (nSPS) is 12.0. The van der Waals surface area contributed by atoms with Gasteiger partial charge in [-0.2, -0.15) is 0 Å². The number of amides is 1. The van der Waals surface area contributed by atoms with Crippen molar-refractivity contribution in [3.05, 3.63) is 59.7 Å². The Morgan fingerprint density at radius 3 is 2.30 bits per heavy atom. The molecule has 0 saturated carbocycles. The van der Waals surface area contributed by atoms with Gasteiger partial charge in [-0.15, -0.1) is 0 Å². The molecule has 0 aliphatic heterocycles. The molecule has 0 aliphatic rings. The number of ether oxygens (including phenoxy) is 3. The zero-order valence-corrected chi connectivity index (χ0v) is 17.1. The minimum Gasteiger partial charge on any atom is -0.493 e. The number of esters is 1. The number of carbonyl (C=O) groups is 2. The Morgan fingerprint density at radius 2 is 1.70 bits per heavy atom. The first-order valence-corrected chi connectivity index (χ1v) is 9.19. The van der Waals surface area contributed by atoms with Crippen LogP contribution in [-0.2, 0) is 14.3 Å². The first-order chi connectivity index (χ1) is 14.2. The number of hydrogen-bond acceptors (Lipinski definition) is 5. The number of benzene rings is 2. The van der Waals surface area contributed by atoms with E-state index in [1.807, 2.05) is 13.8 Å². The minimum atomic E-state index is -1.27. The standard InChI is InChI=1S/C22H23F2NO5/c1-13(2)29-18-10-8-15(12-19(18)28-4)9-11-20(26)30-14(3)22(27)25-21-16(23)6-5-7-17(21)24/h5-14H,1-4H3,(H,25,27)/b11-9+/t14-/m0/s1. The van der Waals surface area contributed by atoms with Crippen molar-refractivity contribution in [1.82, 2.24) is 0 Å². The third kappa shape index (κ3) is 6.30. The lowest BCUT2D eigenvalue weighted by molar-refractivity contribution is -0.148. The molecule has 6 nitrogen and oxygen atoms in total. The quantitative estimate of drug-likeness (QED) is 0.509. The van der Waals surface area contributed by atoms with Gasteiger partial charge >= 0.3 is 5.97 Å². The van der Waals surface area contributed by atoms with Crippen LogP contribution in [-0.4, -0.2) is 31.2 Å². The Hall–Kier alpha value is -3.42. The Balaban J connectivity index is 1.99. The molecule has 30 heavy (non-hydrogen) atoms. The molecular formula is C22H23F2NO5. The van der Waals surface area contributed by atoms with Crippen molar-refractivity contribution in [2.24, 2.45) is 0 Å². The van der Waals surface area contributed by atoms with E-state index in [4.69, 9.17) is 14.2 Å². The van der Waals surface area contributed by atoms with Crippen molar-refractivity contribution in [3.8, 4) is 11.5 Å². The third-order valence-electron chi connectivity index (χ3n) is 3.84. The number of rotatable bonds is 8. The fourth-order valence-electron chi connectivity index (χ4n) is 2.41. The molecule has 1 atom stereocenters. The van der Waals surface area contributed by atoms with Crippen LogP contribution < -0.4 is 14.8 Å². The van der Waals surface area contributed by atoms with Crippen LogP contribution in [0.4, 0.5) is 14.5 Å². The van der Waals surface area contributed by atoms with Gasteiger partial charge in [0, 0.05) is 6.08 Å². The van der Waals surface area contributed by atoms with Crippen molar-refractivity contribution in [2.75, 3.05) is 12.4 Å². The summed E-state index contributed by atoms with van der Waals surface area (Å²) >= 11 is 0. The SMILES string of the molecule is COc1cc(/C=C/C(=O)O[C@@H](C)C(=O)Nc2c(F)cccc2F)ccc1OC(C)C. The zero-order chi connectivity index (χ0) is 22.3. The summed E-state index contributed by atoms with van der Waals surface area (Å²) in [5.41, 5.74) is 0.0437. The van der Waals surface area contributed by atoms with Gasteiger partial charge < -0.3 is 19.5 Å². The maximum absolute atomic E-state index is 13.6. The molecule has 160 valence electrons. The summed E-state index contributed by atoms with van der Waals surface area (Å²) < 4.78 is 43.1. The van der Waals surface area contributed by atoms with Crippen molar-refractivity contribution in [2.45, 2.75) is 33.0 Å². The summed E-state index contributed by atoms with van der Waals surface area (Å²) in [5, 5.41) is 2.07. The van der Waals surface area contributed by atoms with Gasteiger partial charge in [-0.1, -0.05) is 12.1 Å². The Bertz CT molecular complexity index is 923. The molecule has 0 aromatic heterocycles. The highest BCUT2D eigenvalue weighted by Crippen LogP contribution is 2.29. The molecule has 2 rings (SSSR count). The van der Waals surface area contributed by atoms with Crippen LogP contribution in [0.25, 0.3) is 6.08 Å². The van der Waals surface area contributed by atoms with Gasteiger partial charge in [-0.25, -0.2) is 13.6 Å². The summed E-state index contributed by atoms with van der Waals surface area (Å²) in [6.07, 6.45) is 1.31. The molecule has 1 N–H and O–H groups in total. The maximum Gasteiger partial charge on any atom is 0.331 e. The van der Waals surface area contributed by atoms with E-state index in [1.54, 1.807) is 18.2 Å². The molecule has 8 heteroatoms. The number of para-hydroxylation sites is 1. The van der Waals surface area contributed by atoms with Crippen molar-refractivity contribution >= 4 is 23.6 Å². The topological polar surface area (TPSA) is 73.9 Å². The van der Waals surface area contributed by atoms with Crippen LogP contribution in [0.3, 0.4) is 0 Å². The van der Waals surface area contributed by atoms with Gasteiger partial charge in [0.2, 0.25) is 0 Å². The summed E-state index contributed by atoms with van der Waals surface area (Å²) in [5.74, 6) is -2.45. The van der Waals surface area contributed by atoms with E-state index < -0.39 is 35.3 Å². The van der Waals surface area contributed by atoms with E-state index in [1.165, 1.54) is 26.2 Å². The molecule has 1 amide bonds. The third-order valence-corrected chi connectivity index (χ3v) is 3.84. The van der Waals surface area contributed by atoms with E-state index in [2.05, 4.69) is 5.32 Å². The second kappa shape index (κ2) is 10.4. The molecule has 0 aliphatic carbocycles. The maximum atomic E-state index is 13.6. The highest BCUT2D eigenvalue weighted by atomic mass is 19.1. The molecule has 0 saturated heterocycles. The van der Waals surface area contributed by atoms with Crippen molar-refractivity contribution in [3.63, 3.8) is 0 Å². The highest BCUT2D eigenvalue weighted by molar-refractivity contribution is 5.96. The molecule has 2 aromatic carbocycles. The second-order valence-electron chi connectivity index (χ2n) is 6.58. The summed E-state index contributed by atoms with van der Waals surface area (Å²) in [6, 6.07) is 8.29. The molecular weight excluding hydrogens is 396 g/mol. The molecule has 0 heterocycles. The van der Waals surface area contributed by atoms with Crippen LogP contribution in [0.15, 0.2) is 42.5 Å². The summed E-state index contributed by atoms with van der Waals surface area (Å²) in [7, 11) is 1.50. The van der Waals surface area contributed by atoms with Crippen LogP contribution in [0.5, 0.6) is 11.5 Å². The number of halogens is 2. The van der Waals surface area contributed by atoms with E-state index in [9.17, 15) is 18.4 Å². The van der Waals surface area contributed by atoms with E-state index in [-0.39, 0.29) is 6.10 Å². The minimum absolute atomic E-state index is 0.0271. The predicted octanol–water partition coefficient (Wildman–Crippen LogP) is 4.34. The Kier molecular flexibility index (Phi) is 7.91. The number of hydrogen-bond donors (Lipinski definition) is 1. The fraction of sp³-hybridized carbons (Fsp3) is 0.273. The van der Waals surface area contributed by atoms with E-state index >= 15 is 0 Å². The van der Waals surface area contributed by atoms with Crippen LogP contribution in [0, 0.1) is 11.6 Å².